The van der Waals surface area contributed by atoms with Gasteiger partial charge in [0.25, 0.3) is 11.8 Å². The van der Waals surface area contributed by atoms with Gasteiger partial charge in [0.1, 0.15) is 5.76 Å². The molecule has 0 atom stereocenters. The summed E-state index contributed by atoms with van der Waals surface area (Å²) in [4.78, 5) is 25.4. The normalized spacial score (nSPS) is 14.2. The third kappa shape index (κ3) is 4.49. The quantitative estimate of drug-likeness (QED) is 0.548. The van der Waals surface area contributed by atoms with Crippen molar-refractivity contribution in [1.29, 1.82) is 0 Å². The van der Waals surface area contributed by atoms with Gasteiger partial charge in [-0.25, -0.2) is 5.43 Å². The molecule has 0 aliphatic heterocycles. The first kappa shape index (κ1) is 21.6. The van der Waals surface area contributed by atoms with E-state index in [0.717, 1.165) is 53.1 Å². The molecule has 6 heteroatoms. The SMILES string of the molecule is CCc1ccc(NC(=O)c2oc3c(c2C)/C(=N/NC(=O)c2cccc(C)c2)CCC3)cc1. The van der Waals surface area contributed by atoms with Gasteiger partial charge in [0.05, 0.1) is 5.71 Å². The summed E-state index contributed by atoms with van der Waals surface area (Å²) in [6.07, 6.45) is 3.24. The van der Waals surface area contributed by atoms with Gasteiger partial charge in [0, 0.05) is 28.8 Å². The second-order valence-corrected chi connectivity index (χ2v) is 8.08. The first-order chi connectivity index (χ1) is 15.5. The summed E-state index contributed by atoms with van der Waals surface area (Å²) in [7, 11) is 0. The van der Waals surface area contributed by atoms with Gasteiger partial charge in [-0.05, 0) is 62.9 Å². The lowest BCUT2D eigenvalue weighted by Gasteiger charge is -2.13. The smallest absolute Gasteiger partial charge is 0.291 e. The maximum absolute atomic E-state index is 12.9. The van der Waals surface area contributed by atoms with Crippen molar-refractivity contribution in [2.45, 2.75) is 46.5 Å². The van der Waals surface area contributed by atoms with Crippen molar-refractivity contribution in [3.63, 3.8) is 0 Å². The molecule has 0 saturated heterocycles. The Bertz CT molecular complexity index is 1190. The standard InChI is InChI=1S/C26H27N3O3/c1-4-18-11-13-20(14-12-18)27-26(31)24-17(3)23-21(9-6-10-22(23)32-24)28-29-25(30)19-8-5-7-16(2)15-19/h5,7-8,11-15H,4,6,9-10H2,1-3H3,(H,27,31)(H,29,30)/b28-21+. The highest BCUT2D eigenvalue weighted by atomic mass is 16.4. The molecule has 3 aromatic rings. The predicted octanol–water partition coefficient (Wildman–Crippen LogP) is 5.18. The summed E-state index contributed by atoms with van der Waals surface area (Å²) in [5.74, 6) is 0.477. The van der Waals surface area contributed by atoms with E-state index in [2.05, 4.69) is 22.8 Å². The topological polar surface area (TPSA) is 83.7 Å². The Morgan fingerprint density at radius 2 is 1.81 bits per heavy atom. The Labute approximate surface area is 187 Å². The van der Waals surface area contributed by atoms with Crippen LogP contribution < -0.4 is 10.7 Å². The van der Waals surface area contributed by atoms with Gasteiger partial charge in [-0.15, -0.1) is 0 Å². The van der Waals surface area contributed by atoms with E-state index in [9.17, 15) is 9.59 Å². The number of hydrogen-bond acceptors (Lipinski definition) is 4. The molecule has 1 heterocycles. The summed E-state index contributed by atoms with van der Waals surface area (Å²) in [5.41, 5.74) is 8.46. The molecule has 0 fully saturated rings. The van der Waals surface area contributed by atoms with Crippen LogP contribution in [0.1, 0.15) is 68.7 Å². The molecule has 4 rings (SSSR count). The number of hydrazone groups is 1. The third-order valence-electron chi connectivity index (χ3n) is 5.72. The zero-order valence-electron chi connectivity index (χ0n) is 18.6. The third-order valence-corrected chi connectivity index (χ3v) is 5.72. The Kier molecular flexibility index (Phi) is 6.21. The number of benzene rings is 2. The number of nitrogens with zero attached hydrogens (tertiary/aromatic N) is 1. The van der Waals surface area contributed by atoms with Crippen molar-refractivity contribution in [2.75, 3.05) is 5.32 Å². The fourth-order valence-electron chi connectivity index (χ4n) is 3.98. The number of hydrogen-bond donors (Lipinski definition) is 2. The highest BCUT2D eigenvalue weighted by Gasteiger charge is 2.28. The van der Waals surface area contributed by atoms with E-state index in [0.29, 0.717) is 12.0 Å². The average Bonchev–Trinajstić information content (AvgIpc) is 3.15. The van der Waals surface area contributed by atoms with Crippen molar-refractivity contribution >= 4 is 23.2 Å². The second-order valence-electron chi connectivity index (χ2n) is 8.08. The molecule has 0 radical (unpaired) electrons. The Morgan fingerprint density at radius 1 is 1.03 bits per heavy atom. The number of furan rings is 1. The zero-order valence-corrected chi connectivity index (χ0v) is 18.6. The number of anilines is 1. The van der Waals surface area contributed by atoms with E-state index < -0.39 is 0 Å². The lowest BCUT2D eigenvalue weighted by atomic mass is 9.93. The number of carbonyl (C=O) groups is 2. The van der Waals surface area contributed by atoms with Crippen LogP contribution in [0.4, 0.5) is 5.69 Å². The fourth-order valence-corrected chi connectivity index (χ4v) is 3.98. The highest BCUT2D eigenvalue weighted by Crippen LogP contribution is 2.30. The minimum absolute atomic E-state index is 0.261. The fraction of sp³-hybridized carbons (Fsp3) is 0.269. The molecule has 1 aliphatic rings. The number of carbonyl (C=O) groups excluding carboxylic acids is 2. The molecule has 1 aliphatic carbocycles. The summed E-state index contributed by atoms with van der Waals surface area (Å²) in [5, 5.41) is 7.30. The molecule has 2 aromatic carbocycles. The van der Waals surface area contributed by atoms with Crippen LogP contribution in [0.2, 0.25) is 0 Å². The van der Waals surface area contributed by atoms with Crippen molar-refractivity contribution in [2.24, 2.45) is 5.10 Å². The van der Waals surface area contributed by atoms with Gasteiger partial charge in [-0.2, -0.15) is 5.10 Å². The first-order valence-electron chi connectivity index (χ1n) is 10.9. The molecule has 32 heavy (non-hydrogen) atoms. The molecule has 1 aromatic heterocycles. The number of rotatable bonds is 5. The molecular weight excluding hydrogens is 402 g/mol. The van der Waals surface area contributed by atoms with Crippen LogP contribution in [-0.2, 0) is 12.8 Å². The molecule has 0 spiro atoms. The van der Waals surface area contributed by atoms with E-state index in [1.807, 2.05) is 56.3 Å². The van der Waals surface area contributed by atoms with E-state index in [-0.39, 0.29) is 17.6 Å². The van der Waals surface area contributed by atoms with Crippen molar-refractivity contribution in [1.82, 2.24) is 5.43 Å². The second kappa shape index (κ2) is 9.22. The summed E-state index contributed by atoms with van der Waals surface area (Å²) in [6, 6.07) is 15.1. The molecule has 0 saturated carbocycles. The predicted molar refractivity (Wildman–Crippen MR) is 125 cm³/mol. The molecule has 6 nitrogen and oxygen atoms in total. The van der Waals surface area contributed by atoms with Crippen LogP contribution in [0.5, 0.6) is 0 Å². The lowest BCUT2D eigenvalue weighted by molar-refractivity contribution is 0.0953. The van der Waals surface area contributed by atoms with Crippen LogP contribution in [0.15, 0.2) is 58.0 Å². The van der Waals surface area contributed by atoms with Gasteiger partial charge in [-0.3, -0.25) is 9.59 Å². The van der Waals surface area contributed by atoms with Gasteiger partial charge >= 0.3 is 0 Å². The lowest BCUT2D eigenvalue weighted by Crippen LogP contribution is -2.22. The van der Waals surface area contributed by atoms with E-state index in [1.54, 1.807) is 6.07 Å². The Balaban J connectivity index is 1.54. The first-order valence-corrected chi connectivity index (χ1v) is 10.9. The van der Waals surface area contributed by atoms with Crippen LogP contribution >= 0.6 is 0 Å². The molecular formula is C26H27N3O3. The minimum Gasteiger partial charge on any atom is -0.455 e. The van der Waals surface area contributed by atoms with Crippen LogP contribution in [0.3, 0.4) is 0 Å². The van der Waals surface area contributed by atoms with Crippen molar-refractivity contribution in [3.05, 3.63) is 87.9 Å². The summed E-state index contributed by atoms with van der Waals surface area (Å²) < 4.78 is 5.95. The molecule has 2 amide bonds. The summed E-state index contributed by atoms with van der Waals surface area (Å²) in [6.45, 7) is 5.89. The van der Waals surface area contributed by atoms with E-state index in [4.69, 9.17) is 4.42 Å². The number of fused-ring (bicyclic) bond motifs is 1. The van der Waals surface area contributed by atoms with Gasteiger partial charge in [0.15, 0.2) is 5.76 Å². The molecule has 2 N–H and O–H groups in total. The van der Waals surface area contributed by atoms with Crippen molar-refractivity contribution < 1.29 is 14.0 Å². The average molecular weight is 430 g/mol. The molecule has 0 bridgehead atoms. The number of amides is 2. The van der Waals surface area contributed by atoms with Crippen LogP contribution in [0, 0.1) is 13.8 Å². The van der Waals surface area contributed by atoms with Crippen molar-refractivity contribution in [3.8, 4) is 0 Å². The Morgan fingerprint density at radius 3 is 2.53 bits per heavy atom. The van der Waals surface area contributed by atoms with E-state index in [1.165, 1.54) is 5.56 Å². The maximum atomic E-state index is 12.9. The Hall–Kier alpha value is -3.67. The largest absolute Gasteiger partial charge is 0.455 e. The monoisotopic (exact) mass is 429 g/mol. The van der Waals surface area contributed by atoms with Crippen LogP contribution in [-0.4, -0.2) is 17.5 Å². The van der Waals surface area contributed by atoms with Gasteiger partial charge in [0.2, 0.25) is 0 Å². The summed E-state index contributed by atoms with van der Waals surface area (Å²) >= 11 is 0. The van der Waals surface area contributed by atoms with Crippen LogP contribution in [0.25, 0.3) is 0 Å². The van der Waals surface area contributed by atoms with Gasteiger partial charge in [-0.1, -0.05) is 36.8 Å². The molecule has 0 unspecified atom stereocenters. The molecule has 164 valence electrons. The minimum atomic E-state index is -0.288. The van der Waals surface area contributed by atoms with Gasteiger partial charge < -0.3 is 9.73 Å². The number of aryl methyl sites for hydroxylation is 3. The van der Waals surface area contributed by atoms with E-state index >= 15 is 0 Å². The maximum Gasteiger partial charge on any atom is 0.291 e. The highest BCUT2D eigenvalue weighted by molar-refractivity contribution is 6.09. The zero-order chi connectivity index (χ0) is 22.7. The number of nitrogens with one attached hydrogen (secondary N) is 2.